The molecule has 0 unspecified atom stereocenters. The maximum absolute atomic E-state index is 13.0. The number of ether oxygens (including phenoxy) is 1. The fraction of sp³-hybridized carbons (Fsp3) is 0.0833. The third-order valence-electron chi connectivity index (χ3n) is 4.55. The van der Waals surface area contributed by atoms with E-state index < -0.39 is 0 Å². The van der Waals surface area contributed by atoms with Gasteiger partial charge in [0.2, 0.25) is 5.88 Å². The molecule has 7 heteroatoms. The van der Waals surface area contributed by atoms with Gasteiger partial charge < -0.3 is 10.1 Å². The van der Waals surface area contributed by atoms with Crippen LogP contribution in [0, 0.1) is 0 Å². The van der Waals surface area contributed by atoms with Gasteiger partial charge in [-0.25, -0.2) is 0 Å². The molecule has 3 aromatic carbocycles. The minimum atomic E-state index is -0.383. The summed E-state index contributed by atoms with van der Waals surface area (Å²) < 4.78 is 7.59. The highest BCUT2D eigenvalue weighted by atomic mass is 35.5. The Morgan fingerprint density at radius 1 is 0.935 bits per heavy atom. The Bertz CT molecular complexity index is 1180. The number of hydrogen-bond acceptors (Lipinski definition) is 3. The number of nitrogens with zero attached hydrogens (tertiary/aromatic N) is 2. The SMILES string of the molecule is O=C(Nc1cc(Cl)ccc1Cl)c1cn(Cc2ccccc2)nc1OCc1ccccc1. The van der Waals surface area contributed by atoms with Gasteiger partial charge >= 0.3 is 0 Å². The standard InChI is InChI=1S/C24H19Cl2N3O2/c25-19-11-12-21(26)22(13-19)27-23(30)20-15-29(14-17-7-3-1-4-8-17)28-24(20)31-16-18-9-5-2-6-10-18/h1-13,15H,14,16H2,(H,27,30). The summed E-state index contributed by atoms with van der Waals surface area (Å²) in [5.41, 5.74) is 2.76. The summed E-state index contributed by atoms with van der Waals surface area (Å²) in [5.74, 6) is -0.137. The molecule has 156 valence electrons. The second-order valence-corrected chi connectivity index (χ2v) is 7.73. The minimum Gasteiger partial charge on any atom is -0.471 e. The van der Waals surface area contributed by atoms with E-state index in [0.29, 0.717) is 34.4 Å². The number of amides is 1. The number of anilines is 1. The van der Waals surface area contributed by atoms with Crippen LogP contribution in [0.4, 0.5) is 5.69 Å². The average molecular weight is 452 g/mol. The summed E-state index contributed by atoms with van der Waals surface area (Å²) in [7, 11) is 0. The molecule has 4 rings (SSSR count). The van der Waals surface area contributed by atoms with Crippen LogP contribution in [0.5, 0.6) is 5.88 Å². The molecule has 1 amide bonds. The van der Waals surface area contributed by atoms with E-state index in [1.165, 1.54) is 0 Å². The van der Waals surface area contributed by atoms with Crippen molar-refractivity contribution in [3.05, 3.63) is 112 Å². The molecule has 0 aliphatic rings. The fourth-order valence-corrected chi connectivity index (χ4v) is 3.36. The molecular weight excluding hydrogens is 433 g/mol. The lowest BCUT2D eigenvalue weighted by atomic mass is 10.2. The first-order valence-electron chi connectivity index (χ1n) is 9.63. The minimum absolute atomic E-state index is 0.246. The van der Waals surface area contributed by atoms with Gasteiger partial charge in [-0.2, -0.15) is 0 Å². The third kappa shape index (κ3) is 5.45. The molecule has 1 N–H and O–H groups in total. The first kappa shape index (κ1) is 21.0. The lowest BCUT2D eigenvalue weighted by molar-refractivity contribution is 0.102. The normalized spacial score (nSPS) is 10.6. The number of carbonyl (C=O) groups is 1. The van der Waals surface area contributed by atoms with Crippen molar-refractivity contribution in [2.75, 3.05) is 5.32 Å². The molecule has 1 aromatic heterocycles. The van der Waals surface area contributed by atoms with Gasteiger partial charge in [0.05, 0.1) is 17.3 Å². The van der Waals surface area contributed by atoms with Gasteiger partial charge in [0.15, 0.2) is 0 Å². The molecule has 0 fully saturated rings. The monoisotopic (exact) mass is 451 g/mol. The average Bonchev–Trinajstić information content (AvgIpc) is 3.19. The van der Waals surface area contributed by atoms with E-state index >= 15 is 0 Å². The second kappa shape index (κ2) is 9.69. The van der Waals surface area contributed by atoms with Crippen LogP contribution in [0.1, 0.15) is 21.5 Å². The van der Waals surface area contributed by atoms with Crippen LogP contribution in [-0.4, -0.2) is 15.7 Å². The number of benzene rings is 3. The van der Waals surface area contributed by atoms with Crippen molar-refractivity contribution in [2.24, 2.45) is 0 Å². The lowest BCUT2D eigenvalue weighted by Gasteiger charge is -2.08. The van der Waals surface area contributed by atoms with Crippen molar-refractivity contribution in [1.29, 1.82) is 0 Å². The van der Waals surface area contributed by atoms with Crippen LogP contribution in [0.3, 0.4) is 0 Å². The van der Waals surface area contributed by atoms with Crippen LogP contribution < -0.4 is 10.1 Å². The van der Waals surface area contributed by atoms with Crippen molar-refractivity contribution in [1.82, 2.24) is 9.78 Å². The Hall–Kier alpha value is -3.28. The molecule has 0 saturated heterocycles. The van der Waals surface area contributed by atoms with Crippen molar-refractivity contribution in [3.63, 3.8) is 0 Å². The smallest absolute Gasteiger partial charge is 0.262 e. The van der Waals surface area contributed by atoms with Gasteiger partial charge in [-0.05, 0) is 29.3 Å². The summed E-state index contributed by atoms with van der Waals surface area (Å²) in [6, 6.07) is 24.5. The van der Waals surface area contributed by atoms with E-state index in [1.54, 1.807) is 29.1 Å². The van der Waals surface area contributed by atoms with Crippen molar-refractivity contribution in [2.45, 2.75) is 13.2 Å². The van der Waals surface area contributed by atoms with Crippen molar-refractivity contribution < 1.29 is 9.53 Å². The summed E-state index contributed by atoms with van der Waals surface area (Å²) in [6.45, 7) is 0.801. The van der Waals surface area contributed by atoms with Gasteiger partial charge in [-0.15, -0.1) is 5.10 Å². The molecule has 5 nitrogen and oxygen atoms in total. The van der Waals surface area contributed by atoms with E-state index in [-0.39, 0.29) is 11.8 Å². The Balaban J connectivity index is 1.60. The number of rotatable bonds is 7. The van der Waals surface area contributed by atoms with Crippen molar-refractivity contribution in [3.8, 4) is 5.88 Å². The Labute approximate surface area is 190 Å². The Kier molecular flexibility index (Phi) is 6.55. The highest BCUT2D eigenvalue weighted by Gasteiger charge is 2.19. The molecule has 0 aliphatic carbocycles. The molecule has 0 spiro atoms. The number of hydrogen-bond donors (Lipinski definition) is 1. The zero-order chi connectivity index (χ0) is 21.6. The largest absolute Gasteiger partial charge is 0.471 e. The molecular formula is C24H19Cl2N3O2. The van der Waals surface area contributed by atoms with Gasteiger partial charge in [-0.3, -0.25) is 9.48 Å². The second-order valence-electron chi connectivity index (χ2n) is 6.88. The molecule has 31 heavy (non-hydrogen) atoms. The Morgan fingerprint density at radius 3 is 2.32 bits per heavy atom. The predicted molar refractivity (Wildman–Crippen MR) is 123 cm³/mol. The number of halogens is 2. The highest BCUT2D eigenvalue weighted by Crippen LogP contribution is 2.27. The molecule has 1 heterocycles. The predicted octanol–water partition coefficient (Wildman–Crippen LogP) is 6.07. The van der Waals surface area contributed by atoms with Gasteiger partial charge in [0.1, 0.15) is 12.2 Å². The highest BCUT2D eigenvalue weighted by molar-refractivity contribution is 6.35. The number of aromatic nitrogens is 2. The van der Waals surface area contributed by atoms with Crippen LogP contribution >= 0.6 is 23.2 Å². The summed E-state index contributed by atoms with van der Waals surface area (Å²) in [5, 5.41) is 8.15. The quantitative estimate of drug-likeness (QED) is 0.370. The summed E-state index contributed by atoms with van der Waals surface area (Å²) >= 11 is 12.2. The molecule has 4 aromatic rings. The van der Waals surface area contributed by atoms with E-state index in [0.717, 1.165) is 11.1 Å². The van der Waals surface area contributed by atoms with E-state index in [2.05, 4.69) is 10.4 Å². The van der Waals surface area contributed by atoms with Crippen LogP contribution in [0.15, 0.2) is 85.1 Å². The number of nitrogens with one attached hydrogen (secondary N) is 1. The summed E-state index contributed by atoms with van der Waals surface area (Å²) in [6.07, 6.45) is 1.67. The zero-order valence-electron chi connectivity index (χ0n) is 16.5. The van der Waals surface area contributed by atoms with Crippen molar-refractivity contribution >= 4 is 34.8 Å². The van der Waals surface area contributed by atoms with E-state index in [4.69, 9.17) is 27.9 Å². The third-order valence-corrected chi connectivity index (χ3v) is 5.12. The first-order valence-corrected chi connectivity index (χ1v) is 10.4. The first-order chi connectivity index (χ1) is 15.1. The lowest BCUT2D eigenvalue weighted by Crippen LogP contribution is -2.13. The van der Waals surface area contributed by atoms with Gasteiger partial charge in [0, 0.05) is 11.2 Å². The van der Waals surface area contributed by atoms with Crippen LogP contribution in [0.25, 0.3) is 0 Å². The van der Waals surface area contributed by atoms with Gasteiger partial charge in [0.25, 0.3) is 5.91 Å². The molecule has 0 radical (unpaired) electrons. The number of carbonyl (C=O) groups excluding carboxylic acids is 1. The Morgan fingerprint density at radius 2 is 1.61 bits per heavy atom. The molecule has 0 saturated carbocycles. The van der Waals surface area contributed by atoms with E-state index in [9.17, 15) is 4.79 Å². The molecule has 0 bridgehead atoms. The topological polar surface area (TPSA) is 56.2 Å². The van der Waals surface area contributed by atoms with Gasteiger partial charge in [-0.1, -0.05) is 83.9 Å². The van der Waals surface area contributed by atoms with Crippen LogP contribution in [-0.2, 0) is 13.2 Å². The van der Waals surface area contributed by atoms with E-state index in [1.807, 2.05) is 60.7 Å². The van der Waals surface area contributed by atoms with Crippen LogP contribution in [0.2, 0.25) is 10.0 Å². The zero-order valence-corrected chi connectivity index (χ0v) is 18.0. The fourth-order valence-electron chi connectivity index (χ4n) is 3.03. The maximum atomic E-state index is 13.0. The summed E-state index contributed by atoms with van der Waals surface area (Å²) in [4.78, 5) is 13.0. The molecule has 0 atom stereocenters. The molecule has 0 aliphatic heterocycles. The maximum Gasteiger partial charge on any atom is 0.262 e.